The predicted octanol–water partition coefficient (Wildman–Crippen LogP) is 5.97. The van der Waals surface area contributed by atoms with Crippen LogP contribution in [0.1, 0.15) is 16.9 Å². The van der Waals surface area contributed by atoms with E-state index in [1.165, 1.54) is 30.8 Å². The predicted molar refractivity (Wildman–Crippen MR) is 149 cm³/mol. The summed E-state index contributed by atoms with van der Waals surface area (Å²) in [5.74, 6) is 6.17. The van der Waals surface area contributed by atoms with Gasteiger partial charge in [0.2, 0.25) is 0 Å². The molecular formula is C27H30F4N4O2S2. The van der Waals surface area contributed by atoms with E-state index in [0.717, 1.165) is 6.54 Å². The molecule has 210 valence electrons. The van der Waals surface area contributed by atoms with Crippen LogP contribution in [0.3, 0.4) is 0 Å². The molecule has 39 heavy (non-hydrogen) atoms. The molecule has 3 aromatic rings. The summed E-state index contributed by atoms with van der Waals surface area (Å²) >= 11 is 1.17. The second kappa shape index (κ2) is 11.6. The van der Waals surface area contributed by atoms with E-state index in [2.05, 4.69) is 22.5 Å². The van der Waals surface area contributed by atoms with Crippen molar-refractivity contribution < 1.29 is 26.5 Å². The number of nitrogens with zero attached hydrogens (tertiary/aromatic N) is 1. The number of hydrogen-bond donors (Lipinski definition) is 3. The Morgan fingerprint density at radius 1 is 1.26 bits per heavy atom. The summed E-state index contributed by atoms with van der Waals surface area (Å²) in [6.07, 6.45) is -4.72. The third kappa shape index (κ3) is 7.15. The lowest BCUT2D eigenvalue weighted by Gasteiger charge is -2.33. The van der Waals surface area contributed by atoms with Gasteiger partial charge in [-0.15, -0.1) is 11.3 Å². The van der Waals surface area contributed by atoms with Crippen molar-refractivity contribution in [2.45, 2.75) is 36.1 Å². The summed E-state index contributed by atoms with van der Waals surface area (Å²) in [4.78, 5) is 2.54. The highest BCUT2D eigenvalue weighted by molar-refractivity contribution is 7.91. The van der Waals surface area contributed by atoms with E-state index < -0.39 is 34.5 Å². The molecule has 4 rings (SSSR count). The third-order valence-corrected chi connectivity index (χ3v) is 8.82. The number of thiophene rings is 1. The zero-order valence-electron chi connectivity index (χ0n) is 21.7. The Kier molecular flexibility index (Phi) is 8.63. The minimum absolute atomic E-state index is 0.105. The fourth-order valence-electron chi connectivity index (χ4n) is 4.50. The quantitative estimate of drug-likeness (QED) is 0.237. The fraction of sp³-hybridized carbons (Fsp3) is 0.407. The first-order chi connectivity index (χ1) is 18.4. The zero-order chi connectivity index (χ0) is 28.4. The second-order valence-corrected chi connectivity index (χ2v) is 12.7. The van der Waals surface area contributed by atoms with Crippen LogP contribution in [0.4, 0.5) is 28.9 Å². The van der Waals surface area contributed by atoms with Crippen molar-refractivity contribution in [3.63, 3.8) is 0 Å². The molecule has 1 saturated heterocycles. The molecule has 1 fully saturated rings. The van der Waals surface area contributed by atoms with Crippen LogP contribution >= 0.6 is 11.3 Å². The van der Waals surface area contributed by atoms with Crippen molar-refractivity contribution >= 4 is 42.5 Å². The largest absolute Gasteiger partial charge is 0.495 e. The average molecular weight is 583 g/mol. The van der Waals surface area contributed by atoms with Gasteiger partial charge in [-0.1, -0.05) is 24.0 Å². The number of methoxy groups -OCH3 is 1. The lowest BCUT2D eigenvalue weighted by molar-refractivity contribution is -0.126. The minimum atomic E-state index is -4.42. The number of anilines is 2. The molecular weight excluding hydrogens is 552 g/mol. The number of halogens is 4. The van der Waals surface area contributed by atoms with Crippen LogP contribution in [0.25, 0.3) is 10.1 Å². The molecule has 12 heteroatoms. The summed E-state index contributed by atoms with van der Waals surface area (Å²) in [6, 6.07) is 9.37. The van der Waals surface area contributed by atoms with Crippen molar-refractivity contribution in [3.8, 4) is 17.6 Å². The maximum atomic E-state index is 14.7. The van der Waals surface area contributed by atoms with Gasteiger partial charge in [-0.3, -0.25) is 0 Å². The number of likely N-dealkylation sites (tertiary alicyclic amines) is 1. The van der Waals surface area contributed by atoms with Gasteiger partial charge in [-0.05, 0) is 48.7 Å². The van der Waals surface area contributed by atoms with Gasteiger partial charge in [-0.25, -0.2) is 13.4 Å². The Bertz CT molecular complexity index is 1510. The maximum absolute atomic E-state index is 14.7. The highest BCUT2D eigenvalue weighted by Crippen LogP contribution is 2.39. The van der Waals surface area contributed by atoms with Crippen LogP contribution in [-0.2, 0) is 16.1 Å². The van der Waals surface area contributed by atoms with Crippen LogP contribution in [0.15, 0.2) is 41.3 Å². The third-order valence-electron chi connectivity index (χ3n) is 6.47. The molecule has 0 aliphatic carbocycles. The second-order valence-electron chi connectivity index (χ2n) is 9.56. The number of fused-ring (bicyclic) bond motifs is 1. The highest BCUT2D eigenvalue weighted by Gasteiger charge is 2.32. The maximum Gasteiger partial charge on any atom is 0.393 e. The summed E-state index contributed by atoms with van der Waals surface area (Å²) in [5, 5.41) is 6.75. The number of rotatable bonds is 7. The zero-order valence-corrected chi connectivity index (χ0v) is 23.4. The molecule has 2 unspecified atom stereocenters. The van der Waals surface area contributed by atoms with E-state index in [0.29, 0.717) is 49.9 Å². The van der Waals surface area contributed by atoms with E-state index in [9.17, 15) is 21.8 Å². The number of nitrogens with one attached hydrogen (secondary N) is 3. The van der Waals surface area contributed by atoms with Crippen molar-refractivity contribution in [2.75, 3.05) is 50.7 Å². The average Bonchev–Trinajstić information content (AvgIpc) is 3.19. The van der Waals surface area contributed by atoms with Crippen LogP contribution in [0.5, 0.6) is 5.75 Å². The normalized spacial score (nSPS) is 19.7. The fourth-order valence-corrected chi connectivity index (χ4v) is 6.33. The summed E-state index contributed by atoms with van der Waals surface area (Å²) < 4.78 is 80.9. The van der Waals surface area contributed by atoms with Crippen molar-refractivity contribution in [2.24, 2.45) is 0 Å². The first-order valence-electron chi connectivity index (χ1n) is 12.2. The molecule has 0 saturated carbocycles. The lowest BCUT2D eigenvalue weighted by Crippen LogP contribution is -2.46. The number of hydrogen-bond acceptors (Lipinski definition) is 7. The number of benzene rings is 2. The molecule has 0 spiro atoms. The molecule has 1 aliphatic rings. The van der Waals surface area contributed by atoms with E-state index in [1.807, 2.05) is 11.9 Å². The van der Waals surface area contributed by atoms with Crippen LogP contribution in [0.2, 0.25) is 0 Å². The van der Waals surface area contributed by atoms with Gasteiger partial charge >= 0.3 is 6.18 Å². The highest BCUT2D eigenvalue weighted by atomic mass is 32.2. The summed E-state index contributed by atoms with van der Waals surface area (Å²) in [5.41, 5.74) is 1.27. The molecule has 1 aliphatic heterocycles. The molecule has 2 heterocycles. The van der Waals surface area contributed by atoms with Gasteiger partial charge in [0.05, 0.1) is 61.7 Å². The molecule has 6 nitrogen and oxygen atoms in total. The summed E-state index contributed by atoms with van der Waals surface area (Å²) in [6.45, 7) is 1.15. The van der Waals surface area contributed by atoms with Crippen molar-refractivity contribution in [1.29, 1.82) is 4.78 Å². The van der Waals surface area contributed by atoms with Crippen LogP contribution < -0.4 is 15.4 Å². The SMILES string of the molecule is COc1cc([S@@](C)(=N)=O)ccc1NCC#Cc1sc2c(NC3CCN(C)CC3F)cccc2c1CC(F)(F)F. The molecule has 3 atom stereocenters. The Morgan fingerprint density at radius 2 is 2.03 bits per heavy atom. The Balaban J connectivity index is 1.61. The van der Waals surface area contributed by atoms with E-state index in [1.54, 1.807) is 30.3 Å². The Morgan fingerprint density at radius 3 is 2.69 bits per heavy atom. The van der Waals surface area contributed by atoms with E-state index in [-0.39, 0.29) is 12.1 Å². The van der Waals surface area contributed by atoms with Gasteiger partial charge in [0.15, 0.2) is 0 Å². The molecule has 0 amide bonds. The number of piperidine rings is 1. The number of alkyl halides is 4. The molecule has 0 radical (unpaired) electrons. The minimum Gasteiger partial charge on any atom is -0.495 e. The topological polar surface area (TPSA) is 77.4 Å². The lowest BCUT2D eigenvalue weighted by atomic mass is 10.0. The first-order valence-corrected chi connectivity index (χ1v) is 15.0. The van der Waals surface area contributed by atoms with Gasteiger partial charge in [0, 0.05) is 19.3 Å². The standard InChI is InChI=1S/C27H30F4N4O2S2/c1-35-13-11-21(20(28)16-35)34-23-7-4-6-18-19(15-27(29,30)31)25(38-26(18)23)8-5-12-33-22-10-9-17(39(3,32)36)14-24(22)37-2/h4,6-7,9-10,14,20-21,32-34H,11-13,15-16H2,1-3H3/t20?,21?,39-/m0/s1. The molecule has 0 bridgehead atoms. The van der Waals surface area contributed by atoms with Crippen molar-refractivity contribution in [3.05, 3.63) is 46.8 Å². The van der Waals surface area contributed by atoms with Gasteiger partial charge < -0.3 is 20.3 Å². The van der Waals surface area contributed by atoms with Crippen LogP contribution in [-0.4, -0.2) is 67.5 Å². The summed E-state index contributed by atoms with van der Waals surface area (Å²) in [7, 11) is 0.385. The van der Waals surface area contributed by atoms with Gasteiger partial charge in [-0.2, -0.15) is 13.2 Å². The van der Waals surface area contributed by atoms with Gasteiger partial charge in [0.1, 0.15) is 11.9 Å². The van der Waals surface area contributed by atoms with Crippen LogP contribution in [0, 0.1) is 16.6 Å². The van der Waals surface area contributed by atoms with Gasteiger partial charge in [0.25, 0.3) is 0 Å². The Labute approximate surface area is 229 Å². The molecule has 2 aromatic carbocycles. The molecule has 3 N–H and O–H groups in total. The monoisotopic (exact) mass is 582 g/mol. The van der Waals surface area contributed by atoms with E-state index >= 15 is 0 Å². The molecule has 1 aromatic heterocycles. The van der Waals surface area contributed by atoms with Crippen molar-refractivity contribution in [1.82, 2.24) is 4.90 Å². The number of ether oxygens (including phenoxy) is 1. The Hall–Kier alpha value is -3.01. The van der Waals surface area contributed by atoms with E-state index in [4.69, 9.17) is 9.52 Å². The smallest absolute Gasteiger partial charge is 0.393 e. The first kappa shape index (κ1) is 29.0.